The molecule has 0 saturated carbocycles. The fourth-order valence-electron chi connectivity index (χ4n) is 2.66. The topological polar surface area (TPSA) is 105 Å². The number of carbonyl (C=O) groups is 2. The number of nitrogens with zero attached hydrogens (tertiary/aromatic N) is 3. The van der Waals surface area contributed by atoms with Crippen molar-refractivity contribution in [3.05, 3.63) is 42.4 Å². The maximum atomic E-state index is 12.5. The summed E-state index contributed by atoms with van der Waals surface area (Å²) in [5.74, 6) is -0.388. The quantitative estimate of drug-likeness (QED) is 0.824. The highest BCUT2D eigenvalue weighted by molar-refractivity contribution is 6.05. The number of hydrogen-bond donors (Lipinski definition) is 2. The predicted molar refractivity (Wildman–Crippen MR) is 91.0 cm³/mol. The Kier molecular flexibility index (Phi) is 5.08. The fourth-order valence-corrected chi connectivity index (χ4v) is 2.66. The zero-order valence-corrected chi connectivity index (χ0v) is 13.5. The van der Waals surface area contributed by atoms with E-state index in [1.54, 1.807) is 24.4 Å². The normalized spacial score (nSPS) is 13.5. The van der Waals surface area contributed by atoms with Gasteiger partial charge in [0.25, 0.3) is 5.91 Å². The second-order valence-electron chi connectivity index (χ2n) is 5.62. The molecule has 8 nitrogen and oxygen atoms in total. The highest BCUT2D eigenvalue weighted by atomic mass is 16.5. The van der Waals surface area contributed by atoms with E-state index < -0.39 is 12.6 Å². The van der Waals surface area contributed by atoms with Crippen LogP contribution in [0.1, 0.15) is 23.2 Å². The molecule has 0 unspecified atom stereocenters. The van der Waals surface area contributed by atoms with Gasteiger partial charge >= 0.3 is 5.97 Å². The first-order chi connectivity index (χ1) is 12.1. The third-order valence-electron chi connectivity index (χ3n) is 3.80. The van der Waals surface area contributed by atoms with Gasteiger partial charge in [-0.3, -0.25) is 4.79 Å². The monoisotopic (exact) mass is 342 g/mol. The summed E-state index contributed by atoms with van der Waals surface area (Å²) in [6, 6.07) is 6.36. The number of aliphatic carboxylic acids is 1. The molecule has 1 aliphatic rings. The van der Waals surface area contributed by atoms with Crippen molar-refractivity contribution in [3.8, 4) is 5.75 Å². The number of carboxylic acid groups (broad SMARTS) is 1. The predicted octanol–water partition coefficient (Wildman–Crippen LogP) is 1.79. The smallest absolute Gasteiger partial charge is 0.341 e. The SMILES string of the molecule is O=C(O)COc1cccc(C(=O)Nc2cncnc2N2CCCC2)c1. The number of ether oxygens (including phenoxy) is 1. The molecule has 0 bridgehead atoms. The number of carboxylic acids is 1. The summed E-state index contributed by atoms with van der Waals surface area (Å²) < 4.78 is 5.10. The first-order valence-corrected chi connectivity index (χ1v) is 7.94. The second-order valence-corrected chi connectivity index (χ2v) is 5.62. The van der Waals surface area contributed by atoms with Gasteiger partial charge in [-0.25, -0.2) is 14.8 Å². The number of hydrogen-bond acceptors (Lipinski definition) is 6. The summed E-state index contributed by atoms with van der Waals surface area (Å²) in [5, 5.41) is 11.5. The van der Waals surface area contributed by atoms with E-state index in [4.69, 9.17) is 9.84 Å². The minimum atomic E-state index is -1.08. The maximum Gasteiger partial charge on any atom is 0.341 e. The van der Waals surface area contributed by atoms with E-state index in [9.17, 15) is 9.59 Å². The van der Waals surface area contributed by atoms with Crippen molar-refractivity contribution < 1.29 is 19.4 Å². The fraction of sp³-hybridized carbons (Fsp3) is 0.294. The molecule has 2 heterocycles. The van der Waals surface area contributed by atoms with Crippen LogP contribution in [-0.2, 0) is 4.79 Å². The van der Waals surface area contributed by atoms with Crippen LogP contribution in [-0.4, -0.2) is 46.6 Å². The Balaban J connectivity index is 1.74. The van der Waals surface area contributed by atoms with Gasteiger partial charge in [0.1, 0.15) is 17.8 Å². The minimum absolute atomic E-state index is 0.319. The van der Waals surface area contributed by atoms with E-state index in [0.717, 1.165) is 25.9 Å². The van der Waals surface area contributed by atoms with Gasteiger partial charge in [-0.2, -0.15) is 0 Å². The third-order valence-corrected chi connectivity index (χ3v) is 3.80. The Hall–Kier alpha value is -3.16. The molecule has 0 spiro atoms. The second kappa shape index (κ2) is 7.61. The molecule has 0 radical (unpaired) electrons. The summed E-state index contributed by atoms with van der Waals surface area (Å²) in [6.07, 6.45) is 5.23. The lowest BCUT2D eigenvalue weighted by atomic mass is 10.2. The van der Waals surface area contributed by atoms with Crippen LogP contribution < -0.4 is 15.0 Å². The highest BCUT2D eigenvalue weighted by Crippen LogP contribution is 2.26. The molecule has 0 aliphatic carbocycles. The third kappa shape index (κ3) is 4.23. The van der Waals surface area contributed by atoms with Crippen LogP contribution in [0.5, 0.6) is 5.75 Å². The van der Waals surface area contributed by atoms with Crippen LogP contribution in [0.3, 0.4) is 0 Å². The molecular formula is C17H18N4O4. The number of anilines is 2. The zero-order valence-electron chi connectivity index (χ0n) is 13.5. The minimum Gasteiger partial charge on any atom is -0.482 e. The molecular weight excluding hydrogens is 324 g/mol. The Morgan fingerprint density at radius 3 is 2.84 bits per heavy atom. The number of amides is 1. The van der Waals surface area contributed by atoms with Crippen LogP contribution in [0.2, 0.25) is 0 Å². The van der Waals surface area contributed by atoms with Gasteiger partial charge in [0.05, 0.1) is 6.20 Å². The lowest BCUT2D eigenvalue weighted by molar-refractivity contribution is -0.139. The first-order valence-electron chi connectivity index (χ1n) is 7.94. The number of nitrogens with one attached hydrogen (secondary N) is 1. The Morgan fingerprint density at radius 2 is 2.08 bits per heavy atom. The Labute approximate surface area is 144 Å². The van der Waals surface area contributed by atoms with Crippen molar-refractivity contribution in [1.82, 2.24) is 9.97 Å². The van der Waals surface area contributed by atoms with Crippen molar-refractivity contribution in [3.63, 3.8) is 0 Å². The van der Waals surface area contributed by atoms with Crippen LogP contribution in [0.15, 0.2) is 36.8 Å². The average Bonchev–Trinajstić information content (AvgIpc) is 3.15. The van der Waals surface area contributed by atoms with Gasteiger partial charge in [-0.1, -0.05) is 6.07 Å². The molecule has 1 saturated heterocycles. The van der Waals surface area contributed by atoms with E-state index in [1.165, 1.54) is 12.4 Å². The molecule has 2 aromatic rings. The van der Waals surface area contributed by atoms with E-state index in [-0.39, 0.29) is 5.91 Å². The molecule has 1 amide bonds. The molecule has 8 heteroatoms. The molecule has 1 aliphatic heterocycles. The molecule has 130 valence electrons. The van der Waals surface area contributed by atoms with Crippen molar-refractivity contribution >= 4 is 23.4 Å². The van der Waals surface area contributed by atoms with Gasteiger partial charge in [-0.15, -0.1) is 0 Å². The molecule has 3 rings (SSSR count). The highest BCUT2D eigenvalue weighted by Gasteiger charge is 2.19. The maximum absolute atomic E-state index is 12.5. The van der Waals surface area contributed by atoms with Gasteiger partial charge in [-0.05, 0) is 31.0 Å². The zero-order chi connectivity index (χ0) is 17.6. The van der Waals surface area contributed by atoms with Crippen LogP contribution in [0.4, 0.5) is 11.5 Å². The molecule has 1 fully saturated rings. The number of rotatable bonds is 6. The first kappa shape index (κ1) is 16.7. The Morgan fingerprint density at radius 1 is 1.28 bits per heavy atom. The molecule has 2 N–H and O–H groups in total. The van der Waals surface area contributed by atoms with Crippen LogP contribution in [0.25, 0.3) is 0 Å². The molecule has 1 aromatic heterocycles. The largest absolute Gasteiger partial charge is 0.482 e. The van der Waals surface area contributed by atoms with Crippen LogP contribution >= 0.6 is 0 Å². The lowest BCUT2D eigenvalue weighted by Crippen LogP contribution is -2.22. The van der Waals surface area contributed by atoms with E-state index in [1.807, 2.05) is 0 Å². The van der Waals surface area contributed by atoms with Gasteiger partial charge < -0.3 is 20.1 Å². The van der Waals surface area contributed by atoms with E-state index in [0.29, 0.717) is 22.8 Å². The summed E-state index contributed by atoms with van der Waals surface area (Å²) >= 11 is 0. The Bertz CT molecular complexity index is 775. The van der Waals surface area contributed by atoms with Crippen molar-refractivity contribution in [2.24, 2.45) is 0 Å². The van der Waals surface area contributed by atoms with Crippen molar-refractivity contribution in [1.29, 1.82) is 0 Å². The average molecular weight is 342 g/mol. The van der Waals surface area contributed by atoms with Crippen molar-refractivity contribution in [2.45, 2.75) is 12.8 Å². The summed E-state index contributed by atoms with van der Waals surface area (Å²) in [4.78, 5) is 33.5. The van der Waals surface area contributed by atoms with Gasteiger partial charge in [0, 0.05) is 18.7 Å². The standard InChI is InChI=1S/C17H18N4O4/c22-15(23)10-25-13-5-3-4-12(8-13)17(24)20-14-9-18-11-19-16(14)21-6-1-2-7-21/h3-5,8-9,11H,1-2,6-7,10H2,(H,20,24)(H,22,23). The lowest BCUT2D eigenvalue weighted by Gasteiger charge is -2.19. The molecule has 0 atom stereocenters. The molecule has 25 heavy (non-hydrogen) atoms. The number of benzene rings is 1. The van der Waals surface area contributed by atoms with Gasteiger partial charge in [0.2, 0.25) is 0 Å². The number of carbonyl (C=O) groups excluding carboxylic acids is 1. The summed E-state index contributed by atoms with van der Waals surface area (Å²) in [6.45, 7) is 1.34. The van der Waals surface area contributed by atoms with Crippen molar-refractivity contribution in [2.75, 3.05) is 29.9 Å². The van der Waals surface area contributed by atoms with E-state index >= 15 is 0 Å². The summed E-state index contributed by atoms with van der Waals surface area (Å²) in [5.41, 5.74) is 0.908. The number of aromatic nitrogens is 2. The molecule has 1 aromatic carbocycles. The van der Waals surface area contributed by atoms with Crippen LogP contribution in [0, 0.1) is 0 Å². The summed E-state index contributed by atoms with van der Waals surface area (Å²) in [7, 11) is 0. The van der Waals surface area contributed by atoms with Gasteiger partial charge in [0.15, 0.2) is 12.4 Å². The van der Waals surface area contributed by atoms with E-state index in [2.05, 4.69) is 20.2 Å².